The Morgan fingerprint density at radius 3 is 2.47 bits per heavy atom. The highest BCUT2D eigenvalue weighted by atomic mass is 79.9. The second kappa shape index (κ2) is 10.4. The van der Waals surface area contributed by atoms with E-state index < -0.39 is 0 Å². The second-order valence-corrected chi connectivity index (χ2v) is 8.22. The fourth-order valence-electron chi connectivity index (χ4n) is 2.62. The van der Waals surface area contributed by atoms with Gasteiger partial charge in [0.25, 0.3) is 0 Å². The van der Waals surface area contributed by atoms with Crippen LogP contribution in [0.25, 0.3) is 0 Å². The number of amides is 1. The first-order valence-corrected chi connectivity index (χ1v) is 11.1. The third kappa shape index (κ3) is 5.93. The molecule has 1 aromatic heterocycles. The van der Waals surface area contributed by atoms with Crippen LogP contribution in [0.2, 0.25) is 0 Å². The zero-order chi connectivity index (χ0) is 21.5. The highest BCUT2D eigenvalue weighted by Gasteiger charge is 2.15. The summed E-state index contributed by atoms with van der Waals surface area (Å²) in [6.07, 6.45) is 0.0813. The standard InChI is InChI=1S/C21H21BrN4O3S/c1-3-29-17-10-8-16(9-11-17)23-20(28)12-19-24-25-21(26(19)2)30-13-18(27)14-4-6-15(22)7-5-14/h4-11H,3,12-13H2,1-2H3,(H,23,28). The molecule has 0 aliphatic carbocycles. The Labute approximate surface area is 187 Å². The van der Waals surface area contributed by atoms with Crippen molar-refractivity contribution in [2.45, 2.75) is 18.5 Å². The predicted molar refractivity (Wildman–Crippen MR) is 120 cm³/mol. The van der Waals surface area contributed by atoms with Crippen LogP contribution in [0.4, 0.5) is 5.69 Å². The average molecular weight is 489 g/mol. The molecule has 7 nitrogen and oxygen atoms in total. The van der Waals surface area contributed by atoms with Crippen molar-refractivity contribution in [2.24, 2.45) is 7.05 Å². The number of carbonyl (C=O) groups is 2. The van der Waals surface area contributed by atoms with Crippen LogP contribution in [-0.4, -0.2) is 38.8 Å². The van der Waals surface area contributed by atoms with Gasteiger partial charge < -0.3 is 14.6 Å². The molecular weight excluding hydrogens is 468 g/mol. The number of Topliss-reactive ketones (excluding diaryl/α,β-unsaturated/α-hetero) is 1. The van der Waals surface area contributed by atoms with E-state index in [9.17, 15) is 9.59 Å². The number of rotatable bonds is 9. The summed E-state index contributed by atoms with van der Waals surface area (Å²) in [4.78, 5) is 24.7. The third-order valence-electron chi connectivity index (χ3n) is 4.19. The largest absolute Gasteiger partial charge is 0.494 e. The Morgan fingerprint density at radius 1 is 1.10 bits per heavy atom. The number of carbonyl (C=O) groups excluding carboxylic acids is 2. The summed E-state index contributed by atoms with van der Waals surface area (Å²) in [7, 11) is 1.78. The molecule has 0 aliphatic rings. The molecule has 1 heterocycles. The molecule has 0 bridgehead atoms. The van der Waals surface area contributed by atoms with Crippen molar-refractivity contribution in [3.63, 3.8) is 0 Å². The number of thioether (sulfide) groups is 1. The summed E-state index contributed by atoms with van der Waals surface area (Å²) in [5.74, 6) is 1.33. The van der Waals surface area contributed by atoms with Crippen molar-refractivity contribution in [3.8, 4) is 5.75 Å². The molecule has 0 spiro atoms. The number of ketones is 1. The van der Waals surface area contributed by atoms with Crippen LogP contribution in [0.3, 0.4) is 0 Å². The van der Waals surface area contributed by atoms with Gasteiger partial charge in [0.1, 0.15) is 11.6 Å². The molecule has 1 N–H and O–H groups in total. The minimum atomic E-state index is -0.197. The second-order valence-electron chi connectivity index (χ2n) is 6.36. The van der Waals surface area contributed by atoms with E-state index in [2.05, 4.69) is 31.4 Å². The van der Waals surface area contributed by atoms with E-state index in [0.29, 0.717) is 28.8 Å². The fraction of sp³-hybridized carbons (Fsp3) is 0.238. The summed E-state index contributed by atoms with van der Waals surface area (Å²) in [6.45, 7) is 2.51. The molecule has 0 fully saturated rings. The lowest BCUT2D eigenvalue weighted by Crippen LogP contribution is -2.17. The first kappa shape index (κ1) is 22.0. The molecule has 30 heavy (non-hydrogen) atoms. The Morgan fingerprint density at radius 2 is 1.80 bits per heavy atom. The van der Waals surface area contributed by atoms with Gasteiger partial charge in [-0.05, 0) is 43.3 Å². The number of benzene rings is 2. The van der Waals surface area contributed by atoms with Gasteiger partial charge in [-0.3, -0.25) is 9.59 Å². The van der Waals surface area contributed by atoms with Gasteiger partial charge in [-0.25, -0.2) is 0 Å². The minimum absolute atomic E-state index is 0.00490. The van der Waals surface area contributed by atoms with Crippen LogP contribution < -0.4 is 10.1 Å². The lowest BCUT2D eigenvalue weighted by molar-refractivity contribution is -0.115. The molecule has 0 saturated heterocycles. The molecule has 2 aromatic carbocycles. The van der Waals surface area contributed by atoms with Crippen molar-refractivity contribution >= 4 is 45.1 Å². The number of halogens is 1. The molecule has 0 aliphatic heterocycles. The maximum Gasteiger partial charge on any atom is 0.232 e. The first-order chi connectivity index (χ1) is 14.5. The predicted octanol–water partition coefficient (Wildman–Crippen LogP) is 4.13. The van der Waals surface area contributed by atoms with Crippen molar-refractivity contribution < 1.29 is 14.3 Å². The minimum Gasteiger partial charge on any atom is -0.494 e. The van der Waals surface area contributed by atoms with E-state index in [1.165, 1.54) is 11.8 Å². The zero-order valence-corrected chi connectivity index (χ0v) is 19.0. The molecule has 3 rings (SSSR count). The van der Waals surface area contributed by atoms with E-state index in [-0.39, 0.29) is 23.9 Å². The maximum absolute atomic E-state index is 12.3. The highest BCUT2D eigenvalue weighted by molar-refractivity contribution is 9.10. The number of nitrogens with zero attached hydrogens (tertiary/aromatic N) is 3. The highest BCUT2D eigenvalue weighted by Crippen LogP contribution is 2.19. The summed E-state index contributed by atoms with van der Waals surface area (Å²) >= 11 is 4.65. The van der Waals surface area contributed by atoms with Gasteiger partial charge in [0.2, 0.25) is 5.91 Å². The monoisotopic (exact) mass is 488 g/mol. The Balaban J connectivity index is 1.54. The van der Waals surface area contributed by atoms with Gasteiger partial charge in [-0.1, -0.05) is 39.8 Å². The fourth-order valence-corrected chi connectivity index (χ4v) is 3.71. The maximum atomic E-state index is 12.3. The quantitative estimate of drug-likeness (QED) is 0.359. The molecule has 3 aromatic rings. The molecule has 0 saturated carbocycles. The smallest absolute Gasteiger partial charge is 0.232 e. The Bertz CT molecular complexity index is 1020. The van der Waals surface area contributed by atoms with E-state index >= 15 is 0 Å². The van der Waals surface area contributed by atoms with Crippen molar-refractivity contribution in [3.05, 3.63) is 64.4 Å². The Kier molecular flexibility index (Phi) is 7.64. The molecule has 0 radical (unpaired) electrons. The topological polar surface area (TPSA) is 86.1 Å². The number of anilines is 1. The number of hydrogen-bond donors (Lipinski definition) is 1. The van der Waals surface area contributed by atoms with Crippen LogP contribution in [0.15, 0.2) is 58.2 Å². The van der Waals surface area contributed by atoms with Crippen LogP contribution in [0.1, 0.15) is 23.1 Å². The Hall–Kier alpha value is -2.65. The van der Waals surface area contributed by atoms with Gasteiger partial charge in [0, 0.05) is 22.8 Å². The van der Waals surface area contributed by atoms with Gasteiger partial charge in [0.15, 0.2) is 10.9 Å². The first-order valence-electron chi connectivity index (χ1n) is 9.28. The number of nitrogens with one attached hydrogen (secondary N) is 1. The van der Waals surface area contributed by atoms with Gasteiger partial charge in [0.05, 0.1) is 18.8 Å². The van der Waals surface area contributed by atoms with Crippen molar-refractivity contribution in [1.29, 1.82) is 0 Å². The lowest BCUT2D eigenvalue weighted by atomic mass is 10.2. The molecule has 156 valence electrons. The molecule has 0 atom stereocenters. The summed E-state index contributed by atoms with van der Waals surface area (Å²) in [5.41, 5.74) is 1.32. The number of ether oxygens (including phenoxy) is 1. The molecule has 9 heteroatoms. The zero-order valence-electron chi connectivity index (χ0n) is 16.6. The summed E-state index contributed by atoms with van der Waals surface area (Å²) < 4.78 is 8.05. The lowest BCUT2D eigenvalue weighted by Gasteiger charge is -2.07. The molecule has 1 amide bonds. The van der Waals surface area contributed by atoms with E-state index in [1.54, 1.807) is 48.0 Å². The summed E-state index contributed by atoms with van der Waals surface area (Å²) in [5, 5.41) is 11.6. The normalized spacial score (nSPS) is 10.6. The number of hydrogen-bond acceptors (Lipinski definition) is 6. The molecular formula is C21H21BrN4O3S. The van der Waals surface area contributed by atoms with Crippen LogP contribution in [0, 0.1) is 0 Å². The SMILES string of the molecule is CCOc1ccc(NC(=O)Cc2nnc(SCC(=O)c3ccc(Br)cc3)n2C)cc1. The van der Waals surface area contributed by atoms with Gasteiger partial charge >= 0.3 is 0 Å². The van der Waals surface area contributed by atoms with Crippen molar-refractivity contribution in [1.82, 2.24) is 14.8 Å². The van der Waals surface area contributed by atoms with Crippen LogP contribution in [0.5, 0.6) is 5.75 Å². The van der Waals surface area contributed by atoms with Crippen LogP contribution >= 0.6 is 27.7 Å². The van der Waals surface area contributed by atoms with Gasteiger partial charge in [-0.15, -0.1) is 10.2 Å². The van der Waals surface area contributed by atoms with Crippen molar-refractivity contribution in [2.75, 3.05) is 17.7 Å². The average Bonchev–Trinajstić information content (AvgIpc) is 3.07. The van der Waals surface area contributed by atoms with E-state index in [0.717, 1.165) is 10.2 Å². The molecule has 0 unspecified atom stereocenters. The van der Waals surface area contributed by atoms with E-state index in [1.807, 2.05) is 19.1 Å². The van der Waals surface area contributed by atoms with E-state index in [4.69, 9.17) is 4.74 Å². The number of aromatic nitrogens is 3. The summed E-state index contributed by atoms with van der Waals surface area (Å²) in [6, 6.07) is 14.4. The van der Waals surface area contributed by atoms with Crippen LogP contribution in [-0.2, 0) is 18.3 Å². The third-order valence-corrected chi connectivity index (χ3v) is 5.74. The van der Waals surface area contributed by atoms with Gasteiger partial charge in [-0.2, -0.15) is 0 Å².